The first kappa shape index (κ1) is 16.1. The third-order valence-electron chi connectivity index (χ3n) is 3.47. The van der Waals surface area contributed by atoms with Crippen molar-refractivity contribution < 1.29 is 8.42 Å². The van der Waals surface area contributed by atoms with Gasteiger partial charge in [0, 0.05) is 18.3 Å². The largest absolute Gasteiger partial charge is 0.267 e. The summed E-state index contributed by atoms with van der Waals surface area (Å²) in [4.78, 5) is 12.4. The Hall–Kier alpha value is -2.80. The maximum atomic E-state index is 12.8. The molecule has 1 aromatic carbocycles. The van der Waals surface area contributed by atoms with Gasteiger partial charge in [0.1, 0.15) is 4.90 Å². The highest BCUT2D eigenvalue weighted by atomic mass is 32.2. The van der Waals surface area contributed by atoms with Gasteiger partial charge in [-0.1, -0.05) is 30.3 Å². The number of benzene rings is 1. The van der Waals surface area contributed by atoms with Crippen molar-refractivity contribution >= 4 is 15.7 Å². The molecule has 122 valence electrons. The van der Waals surface area contributed by atoms with Crippen LogP contribution in [0.3, 0.4) is 0 Å². The van der Waals surface area contributed by atoms with Crippen LogP contribution in [0.5, 0.6) is 0 Å². The third kappa shape index (κ3) is 3.11. The maximum Gasteiger partial charge on any atom is 0.267 e. The molecule has 2 heterocycles. The molecular formula is C17H16N4O2S. The molecule has 0 fully saturated rings. The topological polar surface area (TPSA) is 76.1 Å². The Bertz CT molecular complexity index is 898. The summed E-state index contributed by atoms with van der Waals surface area (Å²) >= 11 is 0. The van der Waals surface area contributed by atoms with Crippen molar-refractivity contribution in [3.05, 3.63) is 67.3 Å². The first-order valence-corrected chi connectivity index (χ1v) is 8.87. The van der Waals surface area contributed by atoms with Crippen LogP contribution in [0.25, 0.3) is 11.4 Å². The summed E-state index contributed by atoms with van der Waals surface area (Å²) < 4.78 is 26.9. The third-order valence-corrected chi connectivity index (χ3v) is 5.33. The van der Waals surface area contributed by atoms with E-state index < -0.39 is 10.0 Å². The molecule has 0 radical (unpaired) electrons. The van der Waals surface area contributed by atoms with Crippen molar-refractivity contribution in [2.75, 3.05) is 10.8 Å². The molecule has 0 spiro atoms. The molecular weight excluding hydrogens is 324 g/mol. The highest BCUT2D eigenvalue weighted by molar-refractivity contribution is 7.92. The number of aromatic nitrogens is 3. The Balaban J connectivity index is 1.95. The minimum absolute atomic E-state index is 0.0490. The number of rotatable bonds is 5. The molecule has 24 heavy (non-hydrogen) atoms. The van der Waals surface area contributed by atoms with E-state index in [1.807, 2.05) is 30.3 Å². The minimum atomic E-state index is -3.73. The lowest BCUT2D eigenvalue weighted by molar-refractivity contribution is 0.591. The molecule has 0 aliphatic rings. The van der Waals surface area contributed by atoms with E-state index in [9.17, 15) is 8.42 Å². The summed E-state index contributed by atoms with van der Waals surface area (Å²) in [5, 5.41) is 0. The molecule has 0 N–H and O–H groups in total. The van der Waals surface area contributed by atoms with Crippen molar-refractivity contribution in [1.29, 1.82) is 0 Å². The van der Waals surface area contributed by atoms with Gasteiger partial charge >= 0.3 is 0 Å². The van der Waals surface area contributed by atoms with Crippen LogP contribution in [-0.4, -0.2) is 29.9 Å². The Labute approximate surface area is 140 Å². The van der Waals surface area contributed by atoms with Crippen LogP contribution in [0, 0.1) is 0 Å². The van der Waals surface area contributed by atoms with E-state index in [-0.39, 0.29) is 11.4 Å². The van der Waals surface area contributed by atoms with Crippen molar-refractivity contribution in [3.8, 4) is 11.4 Å². The molecule has 0 aliphatic heterocycles. The number of sulfonamides is 1. The molecule has 0 unspecified atom stereocenters. The fraction of sp³-hybridized carbons (Fsp3) is 0.118. The molecule has 0 bridgehead atoms. The zero-order chi connectivity index (χ0) is 17.0. The van der Waals surface area contributed by atoms with Crippen LogP contribution < -0.4 is 4.31 Å². The van der Waals surface area contributed by atoms with Crippen LogP contribution in [0.15, 0.2) is 72.1 Å². The molecule has 7 heteroatoms. The van der Waals surface area contributed by atoms with Gasteiger partial charge in [-0.2, -0.15) is 0 Å². The number of hydrogen-bond donors (Lipinski definition) is 0. The minimum Gasteiger partial charge on any atom is -0.265 e. The number of nitrogens with zero attached hydrogens (tertiary/aromatic N) is 4. The predicted octanol–water partition coefficient (Wildman–Crippen LogP) is 2.75. The normalized spacial score (nSPS) is 11.2. The van der Waals surface area contributed by atoms with Gasteiger partial charge in [-0.15, -0.1) is 0 Å². The molecule has 6 nitrogen and oxygen atoms in total. The van der Waals surface area contributed by atoms with Crippen molar-refractivity contribution in [2.24, 2.45) is 0 Å². The van der Waals surface area contributed by atoms with E-state index in [1.165, 1.54) is 22.9 Å². The number of hydrogen-bond acceptors (Lipinski definition) is 5. The predicted molar refractivity (Wildman–Crippen MR) is 91.9 cm³/mol. The highest BCUT2D eigenvalue weighted by Crippen LogP contribution is 2.22. The first-order chi connectivity index (χ1) is 11.6. The fourth-order valence-electron chi connectivity index (χ4n) is 2.31. The van der Waals surface area contributed by atoms with E-state index >= 15 is 0 Å². The summed E-state index contributed by atoms with van der Waals surface area (Å²) in [6.07, 6.45) is 5.79. The Morgan fingerprint density at radius 1 is 0.958 bits per heavy atom. The second-order valence-electron chi connectivity index (χ2n) is 4.99. The van der Waals surface area contributed by atoms with Crippen molar-refractivity contribution in [2.45, 2.75) is 11.8 Å². The Kier molecular flexibility index (Phi) is 4.52. The summed E-state index contributed by atoms with van der Waals surface area (Å²) in [5.41, 5.74) is 1.34. The molecule has 0 amide bonds. The van der Waals surface area contributed by atoms with Gasteiger partial charge in [-0.05, 0) is 19.1 Å². The van der Waals surface area contributed by atoms with E-state index in [2.05, 4.69) is 15.0 Å². The lowest BCUT2D eigenvalue weighted by atomic mass is 10.2. The quantitative estimate of drug-likeness (QED) is 0.714. The summed E-state index contributed by atoms with van der Waals surface area (Å²) in [5.74, 6) is 0.485. The van der Waals surface area contributed by atoms with Gasteiger partial charge in [0.05, 0.1) is 24.3 Å². The zero-order valence-corrected chi connectivity index (χ0v) is 13.9. The van der Waals surface area contributed by atoms with Crippen LogP contribution in [0.1, 0.15) is 6.92 Å². The molecule has 3 aromatic rings. The van der Waals surface area contributed by atoms with Crippen LogP contribution in [-0.2, 0) is 10.0 Å². The van der Waals surface area contributed by atoms with Crippen LogP contribution in [0.2, 0.25) is 0 Å². The van der Waals surface area contributed by atoms with E-state index in [1.54, 1.807) is 25.3 Å². The standard InChI is InChI=1S/C17H16N4O2S/c1-2-21(15-9-6-10-18-11-15)24(22,23)16-12-19-17(20-13-16)14-7-4-3-5-8-14/h3-13H,2H2,1H3. The molecule has 0 saturated heterocycles. The first-order valence-electron chi connectivity index (χ1n) is 7.43. The van der Waals surface area contributed by atoms with E-state index in [4.69, 9.17) is 0 Å². The molecule has 0 atom stereocenters. The average molecular weight is 340 g/mol. The van der Waals surface area contributed by atoms with Crippen LogP contribution in [0.4, 0.5) is 5.69 Å². The SMILES string of the molecule is CCN(c1cccnc1)S(=O)(=O)c1cnc(-c2ccccc2)nc1. The average Bonchev–Trinajstić information content (AvgIpc) is 2.64. The van der Waals surface area contributed by atoms with E-state index in [0.29, 0.717) is 11.5 Å². The highest BCUT2D eigenvalue weighted by Gasteiger charge is 2.24. The molecule has 2 aromatic heterocycles. The summed E-state index contributed by atoms with van der Waals surface area (Å²) in [6.45, 7) is 2.05. The molecule has 0 aliphatic carbocycles. The van der Waals surface area contributed by atoms with Gasteiger partial charge in [0.25, 0.3) is 10.0 Å². The number of pyridine rings is 1. The summed E-state index contributed by atoms with van der Waals surface area (Å²) in [7, 11) is -3.73. The monoisotopic (exact) mass is 340 g/mol. The van der Waals surface area contributed by atoms with Crippen molar-refractivity contribution in [1.82, 2.24) is 15.0 Å². The summed E-state index contributed by atoms with van der Waals surface area (Å²) in [6, 6.07) is 12.8. The van der Waals surface area contributed by atoms with Gasteiger partial charge in [0.2, 0.25) is 0 Å². The second kappa shape index (κ2) is 6.76. The lowest BCUT2D eigenvalue weighted by Crippen LogP contribution is -2.31. The smallest absolute Gasteiger partial charge is 0.265 e. The molecule has 0 saturated carbocycles. The Morgan fingerprint density at radius 3 is 2.25 bits per heavy atom. The van der Waals surface area contributed by atoms with Gasteiger partial charge in [-0.25, -0.2) is 18.4 Å². The molecule has 3 rings (SSSR count). The van der Waals surface area contributed by atoms with Gasteiger partial charge < -0.3 is 0 Å². The van der Waals surface area contributed by atoms with Gasteiger partial charge in [0.15, 0.2) is 5.82 Å². The van der Waals surface area contributed by atoms with Crippen LogP contribution >= 0.6 is 0 Å². The van der Waals surface area contributed by atoms with E-state index in [0.717, 1.165) is 5.56 Å². The zero-order valence-electron chi connectivity index (χ0n) is 13.1. The maximum absolute atomic E-state index is 12.8. The fourth-order valence-corrected chi connectivity index (χ4v) is 3.66. The van der Waals surface area contributed by atoms with Gasteiger partial charge in [-0.3, -0.25) is 9.29 Å². The second-order valence-corrected chi connectivity index (χ2v) is 6.85. The lowest BCUT2D eigenvalue weighted by Gasteiger charge is -2.22. The number of anilines is 1. The van der Waals surface area contributed by atoms with Crippen molar-refractivity contribution in [3.63, 3.8) is 0 Å². The Morgan fingerprint density at radius 2 is 1.67 bits per heavy atom.